The second kappa shape index (κ2) is 13.0. The van der Waals surface area contributed by atoms with Crippen LogP contribution in [0.25, 0.3) is 0 Å². The van der Waals surface area contributed by atoms with Crippen LogP contribution in [0.3, 0.4) is 0 Å². The molecule has 1 heterocycles. The normalized spacial score (nSPS) is 14.8. The predicted molar refractivity (Wildman–Crippen MR) is 149 cm³/mol. The minimum Gasteiger partial charge on any atom is -0.490 e. The number of carbonyl (C=O) groups is 3. The van der Waals surface area contributed by atoms with E-state index in [1.165, 1.54) is 18.2 Å². The molecule has 0 aromatic heterocycles. The van der Waals surface area contributed by atoms with E-state index in [9.17, 15) is 14.4 Å². The molecule has 7 nitrogen and oxygen atoms in total. The van der Waals surface area contributed by atoms with Crippen LogP contribution < -0.4 is 9.47 Å². The maximum absolute atomic E-state index is 13.8. The highest BCUT2D eigenvalue weighted by atomic mass is 16.6. The molecule has 1 aliphatic heterocycles. The van der Waals surface area contributed by atoms with E-state index in [2.05, 4.69) is 0 Å². The van der Waals surface area contributed by atoms with Gasteiger partial charge in [0.1, 0.15) is 24.7 Å². The van der Waals surface area contributed by atoms with Crippen LogP contribution in [0.1, 0.15) is 47.8 Å². The second-order valence-corrected chi connectivity index (χ2v) is 9.07. The van der Waals surface area contributed by atoms with Crippen molar-refractivity contribution in [2.45, 2.75) is 0 Å². The van der Waals surface area contributed by atoms with E-state index in [1.54, 1.807) is 72.8 Å². The Labute approximate surface area is 232 Å². The van der Waals surface area contributed by atoms with Gasteiger partial charge < -0.3 is 18.9 Å². The molecule has 0 saturated carbocycles. The molecule has 0 unspecified atom stereocenters. The fourth-order valence-corrected chi connectivity index (χ4v) is 4.39. The van der Waals surface area contributed by atoms with Crippen molar-refractivity contribution in [1.29, 1.82) is 0 Å². The third-order valence-electron chi connectivity index (χ3n) is 6.36. The lowest BCUT2D eigenvalue weighted by atomic mass is 9.92. The standard InChI is InChI=1S/C33H28O7/c34-31(23-8-2-1-3-9-23)24-20-25-22-26(21-24)33(36)28-11-5-7-13-30(28)40-19-17-38-15-14-37-16-18-39-29-12-6-4-10-27(29)32(25)35/h1-13,20-22H,14-19H2. The Balaban J connectivity index is 1.61. The molecule has 5 rings (SSSR count). The molecule has 1 aliphatic rings. The molecule has 4 aromatic carbocycles. The van der Waals surface area contributed by atoms with E-state index < -0.39 is 0 Å². The van der Waals surface area contributed by atoms with Crippen molar-refractivity contribution in [2.24, 2.45) is 0 Å². The van der Waals surface area contributed by atoms with Crippen molar-refractivity contribution in [3.63, 3.8) is 0 Å². The average molecular weight is 537 g/mol. The summed E-state index contributed by atoms with van der Waals surface area (Å²) in [6.45, 7) is 1.86. The van der Waals surface area contributed by atoms with Crippen molar-refractivity contribution >= 4 is 17.3 Å². The molecule has 0 fully saturated rings. The second-order valence-electron chi connectivity index (χ2n) is 9.07. The number of hydrogen-bond acceptors (Lipinski definition) is 7. The van der Waals surface area contributed by atoms with Crippen molar-refractivity contribution < 1.29 is 33.3 Å². The Morgan fingerprint density at radius 2 is 0.950 bits per heavy atom. The fraction of sp³-hybridized carbons (Fsp3) is 0.182. The van der Waals surface area contributed by atoms with Crippen LogP contribution in [-0.2, 0) is 9.47 Å². The lowest BCUT2D eigenvalue weighted by Crippen LogP contribution is -2.14. The predicted octanol–water partition coefficient (Wildman–Crippen LogP) is 5.18. The van der Waals surface area contributed by atoms with Crippen LogP contribution in [0.2, 0.25) is 0 Å². The lowest BCUT2D eigenvalue weighted by molar-refractivity contribution is 0.0272. The van der Waals surface area contributed by atoms with Crippen LogP contribution in [0.5, 0.6) is 11.5 Å². The molecule has 0 aliphatic carbocycles. The summed E-state index contributed by atoms with van der Waals surface area (Å²) in [4.78, 5) is 41.1. The Kier molecular flexibility index (Phi) is 8.76. The largest absolute Gasteiger partial charge is 0.490 e. The third-order valence-corrected chi connectivity index (χ3v) is 6.36. The van der Waals surface area contributed by atoms with Crippen molar-refractivity contribution in [3.8, 4) is 11.5 Å². The van der Waals surface area contributed by atoms with Crippen LogP contribution in [0.15, 0.2) is 97.1 Å². The van der Waals surface area contributed by atoms with Gasteiger partial charge in [0.05, 0.1) is 37.6 Å². The maximum Gasteiger partial charge on any atom is 0.196 e. The molecule has 40 heavy (non-hydrogen) atoms. The molecule has 4 aromatic rings. The molecule has 2 bridgehead atoms. The summed E-state index contributed by atoms with van der Waals surface area (Å²) in [5, 5.41) is 0. The van der Waals surface area contributed by atoms with Gasteiger partial charge in [-0.3, -0.25) is 14.4 Å². The summed E-state index contributed by atoms with van der Waals surface area (Å²) in [5.74, 6) is -0.271. The van der Waals surface area contributed by atoms with Gasteiger partial charge in [0.2, 0.25) is 0 Å². The molecule has 0 N–H and O–H groups in total. The van der Waals surface area contributed by atoms with E-state index >= 15 is 0 Å². The molecular formula is C33H28O7. The monoisotopic (exact) mass is 536 g/mol. The van der Waals surface area contributed by atoms with Gasteiger partial charge >= 0.3 is 0 Å². The molecule has 0 spiro atoms. The Morgan fingerprint density at radius 3 is 1.48 bits per heavy atom. The van der Waals surface area contributed by atoms with Crippen LogP contribution in [0, 0.1) is 0 Å². The molecule has 0 saturated heterocycles. The smallest absolute Gasteiger partial charge is 0.196 e. The van der Waals surface area contributed by atoms with Gasteiger partial charge in [-0.15, -0.1) is 0 Å². The lowest BCUT2D eigenvalue weighted by Gasteiger charge is -2.13. The van der Waals surface area contributed by atoms with Gasteiger partial charge in [-0.1, -0.05) is 54.6 Å². The average Bonchev–Trinajstić information content (AvgIpc) is 3.01. The van der Waals surface area contributed by atoms with E-state index in [0.29, 0.717) is 54.6 Å². The van der Waals surface area contributed by atoms with Crippen LogP contribution in [-0.4, -0.2) is 57.0 Å². The van der Waals surface area contributed by atoms with E-state index in [4.69, 9.17) is 18.9 Å². The summed E-state index contributed by atoms with van der Waals surface area (Å²) in [6.07, 6.45) is 0. The fourth-order valence-electron chi connectivity index (χ4n) is 4.39. The van der Waals surface area contributed by atoms with Crippen molar-refractivity contribution in [2.75, 3.05) is 39.6 Å². The number of fused-ring (bicyclic) bond motifs is 4. The first-order valence-corrected chi connectivity index (χ1v) is 13.1. The number of rotatable bonds is 2. The molecule has 0 radical (unpaired) electrons. The molecule has 0 atom stereocenters. The summed E-state index contributed by atoms with van der Waals surface area (Å²) < 4.78 is 22.9. The molecule has 202 valence electrons. The van der Waals surface area contributed by atoms with E-state index in [0.717, 1.165) is 0 Å². The number of carbonyl (C=O) groups excluding carboxylic acids is 3. The Morgan fingerprint density at radius 1 is 0.500 bits per heavy atom. The van der Waals surface area contributed by atoms with E-state index in [1.807, 2.05) is 6.07 Å². The molecule has 0 amide bonds. The quantitative estimate of drug-likeness (QED) is 0.326. The number of ether oxygens (including phenoxy) is 4. The third kappa shape index (κ3) is 6.34. The van der Waals surface area contributed by atoms with Gasteiger partial charge in [0.25, 0.3) is 0 Å². The number of para-hydroxylation sites is 2. The van der Waals surface area contributed by atoms with Crippen LogP contribution >= 0.6 is 0 Å². The Bertz CT molecular complexity index is 1420. The van der Waals surface area contributed by atoms with Crippen molar-refractivity contribution in [3.05, 3.63) is 130 Å². The van der Waals surface area contributed by atoms with Gasteiger partial charge in [0, 0.05) is 22.3 Å². The molecular weight excluding hydrogens is 508 g/mol. The minimum absolute atomic E-state index is 0.196. The topological polar surface area (TPSA) is 88.1 Å². The zero-order chi connectivity index (χ0) is 27.7. The summed E-state index contributed by atoms with van der Waals surface area (Å²) >= 11 is 0. The minimum atomic E-state index is -0.371. The first kappa shape index (κ1) is 27.0. The van der Waals surface area contributed by atoms with Gasteiger partial charge in [-0.05, 0) is 42.5 Å². The summed E-state index contributed by atoms with van der Waals surface area (Å²) in [5.41, 5.74) is 1.70. The van der Waals surface area contributed by atoms with Gasteiger partial charge in [-0.25, -0.2) is 0 Å². The summed E-state index contributed by atoms with van der Waals surface area (Å²) in [6, 6.07) is 27.1. The zero-order valence-electron chi connectivity index (χ0n) is 21.8. The zero-order valence-corrected chi connectivity index (χ0v) is 21.8. The van der Waals surface area contributed by atoms with Crippen LogP contribution in [0.4, 0.5) is 0 Å². The molecule has 7 heteroatoms. The highest BCUT2D eigenvalue weighted by molar-refractivity contribution is 6.18. The van der Waals surface area contributed by atoms with Crippen molar-refractivity contribution in [1.82, 2.24) is 0 Å². The van der Waals surface area contributed by atoms with Gasteiger partial charge in [-0.2, -0.15) is 0 Å². The first-order chi connectivity index (χ1) is 19.6. The SMILES string of the molecule is O=C(c1ccccc1)c1cc2cc(c1)C(=O)c1ccccc1OCCOCCOCCOc1ccccc1C2=O. The van der Waals surface area contributed by atoms with E-state index in [-0.39, 0.29) is 47.3 Å². The highest BCUT2D eigenvalue weighted by Crippen LogP contribution is 2.27. The Hall–Kier alpha value is -4.59. The highest BCUT2D eigenvalue weighted by Gasteiger charge is 2.22. The maximum atomic E-state index is 13.8. The summed E-state index contributed by atoms with van der Waals surface area (Å²) in [7, 11) is 0. The number of hydrogen-bond donors (Lipinski definition) is 0. The van der Waals surface area contributed by atoms with Gasteiger partial charge in [0.15, 0.2) is 17.3 Å². The number of ketones is 3. The first-order valence-electron chi connectivity index (χ1n) is 13.1. The number of benzene rings is 4.